The zero-order chi connectivity index (χ0) is 18.8. The molecule has 0 spiro atoms. The number of carbonyl (C=O) groups excluding carboxylic acids is 1. The van der Waals surface area contributed by atoms with Gasteiger partial charge in [-0.1, -0.05) is 0 Å². The quantitative estimate of drug-likeness (QED) is 0.674. The summed E-state index contributed by atoms with van der Waals surface area (Å²) < 4.78 is 32.5. The molecule has 0 aromatic heterocycles. The molecule has 1 aromatic carbocycles. The normalized spacial score (nSPS) is 16.4. The Morgan fingerprint density at radius 3 is 2.28 bits per heavy atom. The highest BCUT2D eigenvalue weighted by molar-refractivity contribution is 9.10. The first kappa shape index (κ1) is 20.1. The van der Waals surface area contributed by atoms with Crippen molar-refractivity contribution in [1.82, 2.24) is 9.80 Å². The Balaban J connectivity index is 1.89. The molecule has 7 heteroatoms. The van der Waals surface area contributed by atoms with Gasteiger partial charge in [0.05, 0.1) is 4.47 Å². The molecule has 0 aliphatic carbocycles. The molecule has 0 unspecified atom stereocenters. The summed E-state index contributed by atoms with van der Waals surface area (Å²) in [6.45, 7) is 7.24. The first-order valence-electron chi connectivity index (χ1n) is 8.38. The summed E-state index contributed by atoms with van der Waals surface area (Å²) in [5, 5.41) is 0. The van der Waals surface area contributed by atoms with E-state index in [1.807, 2.05) is 27.8 Å². The minimum Gasteiger partial charge on any atom is -0.444 e. The van der Waals surface area contributed by atoms with Crippen molar-refractivity contribution in [2.24, 2.45) is 0 Å². The predicted molar refractivity (Wildman–Crippen MR) is 96.4 cm³/mol. The van der Waals surface area contributed by atoms with Crippen LogP contribution in [0.2, 0.25) is 0 Å². The highest BCUT2D eigenvalue weighted by Gasteiger charge is 2.28. The van der Waals surface area contributed by atoms with E-state index < -0.39 is 17.2 Å². The van der Waals surface area contributed by atoms with Crippen molar-refractivity contribution in [3.05, 3.63) is 33.8 Å². The Hall–Kier alpha value is -1.21. The maximum absolute atomic E-state index is 13.6. The Labute approximate surface area is 156 Å². The monoisotopic (exact) mass is 418 g/mol. The standard InChI is InChI=1S/C18H25BrF2N2O2/c1-18(2,3)25-17(24)23-7-5-13(6-8-23)22(4)11-12-9-14(20)16(19)15(21)10-12/h9-10,13H,5-8,11H2,1-4H3. The second kappa shape index (κ2) is 7.99. The highest BCUT2D eigenvalue weighted by atomic mass is 79.9. The van der Waals surface area contributed by atoms with E-state index in [2.05, 4.69) is 20.8 Å². The average Bonchev–Trinajstić information content (AvgIpc) is 2.51. The zero-order valence-corrected chi connectivity index (χ0v) is 16.7. The van der Waals surface area contributed by atoms with Crippen molar-refractivity contribution in [3.8, 4) is 0 Å². The summed E-state index contributed by atoms with van der Waals surface area (Å²) >= 11 is 2.88. The van der Waals surface area contributed by atoms with Crippen molar-refractivity contribution < 1.29 is 18.3 Å². The van der Waals surface area contributed by atoms with Gasteiger partial charge in [0.15, 0.2) is 0 Å². The lowest BCUT2D eigenvalue weighted by Crippen LogP contribution is -2.46. The van der Waals surface area contributed by atoms with Gasteiger partial charge in [0.1, 0.15) is 17.2 Å². The molecule has 4 nitrogen and oxygen atoms in total. The van der Waals surface area contributed by atoms with E-state index in [-0.39, 0.29) is 16.6 Å². The lowest BCUT2D eigenvalue weighted by molar-refractivity contribution is 0.0153. The van der Waals surface area contributed by atoms with Gasteiger partial charge in [0.25, 0.3) is 0 Å². The first-order chi connectivity index (χ1) is 11.6. The van der Waals surface area contributed by atoms with Gasteiger partial charge >= 0.3 is 6.09 Å². The van der Waals surface area contributed by atoms with E-state index in [1.54, 1.807) is 4.90 Å². The molecule has 1 aliphatic rings. The lowest BCUT2D eigenvalue weighted by Gasteiger charge is -2.37. The fraction of sp³-hybridized carbons (Fsp3) is 0.611. The van der Waals surface area contributed by atoms with Crippen LogP contribution < -0.4 is 0 Å². The van der Waals surface area contributed by atoms with Crippen molar-refractivity contribution in [3.63, 3.8) is 0 Å². The maximum Gasteiger partial charge on any atom is 0.410 e. The molecule has 0 atom stereocenters. The van der Waals surface area contributed by atoms with Crippen LogP contribution in [-0.4, -0.2) is 47.7 Å². The minimum atomic E-state index is -0.594. The Kier molecular flexibility index (Phi) is 6.43. The average molecular weight is 419 g/mol. The van der Waals surface area contributed by atoms with Gasteiger partial charge < -0.3 is 9.64 Å². The summed E-state index contributed by atoms with van der Waals surface area (Å²) in [7, 11) is 1.94. The third kappa shape index (κ3) is 5.64. The molecule has 0 N–H and O–H groups in total. The number of piperidine rings is 1. The Morgan fingerprint density at radius 2 is 1.80 bits per heavy atom. The number of amides is 1. The molecule has 1 fully saturated rings. The van der Waals surface area contributed by atoms with Gasteiger partial charge in [-0.3, -0.25) is 4.90 Å². The largest absolute Gasteiger partial charge is 0.444 e. The summed E-state index contributed by atoms with van der Waals surface area (Å²) in [5.41, 5.74) is 0.0933. The molecule has 2 rings (SSSR count). The molecule has 0 bridgehead atoms. The molecular formula is C18H25BrF2N2O2. The van der Waals surface area contributed by atoms with Crippen LogP contribution in [0.15, 0.2) is 16.6 Å². The summed E-state index contributed by atoms with van der Waals surface area (Å²) in [6.07, 6.45) is 1.32. The van der Waals surface area contributed by atoms with E-state index >= 15 is 0 Å². The van der Waals surface area contributed by atoms with E-state index in [0.717, 1.165) is 12.8 Å². The number of benzene rings is 1. The van der Waals surface area contributed by atoms with Crippen LogP contribution in [-0.2, 0) is 11.3 Å². The fourth-order valence-electron chi connectivity index (χ4n) is 2.93. The van der Waals surface area contributed by atoms with E-state index in [4.69, 9.17) is 4.74 Å². The van der Waals surface area contributed by atoms with Crippen LogP contribution in [0.4, 0.5) is 13.6 Å². The number of halogens is 3. The smallest absolute Gasteiger partial charge is 0.410 e. The number of nitrogens with zero attached hydrogens (tertiary/aromatic N) is 2. The topological polar surface area (TPSA) is 32.8 Å². The first-order valence-corrected chi connectivity index (χ1v) is 9.17. The fourth-order valence-corrected chi connectivity index (χ4v) is 3.16. The van der Waals surface area contributed by atoms with E-state index in [1.165, 1.54) is 12.1 Å². The maximum atomic E-state index is 13.6. The highest BCUT2D eigenvalue weighted by Crippen LogP contribution is 2.24. The van der Waals surface area contributed by atoms with Crippen molar-refractivity contribution >= 4 is 22.0 Å². The summed E-state index contributed by atoms with van der Waals surface area (Å²) in [5.74, 6) is -1.19. The zero-order valence-electron chi connectivity index (χ0n) is 15.1. The molecule has 1 saturated heterocycles. The summed E-state index contributed by atoms with van der Waals surface area (Å²) in [6, 6.07) is 2.95. The number of hydrogen-bond donors (Lipinski definition) is 0. The second-order valence-electron chi connectivity index (χ2n) is 7.49. The molecule has 0 saturated carbocycles. The molecule has 1 amide bonds. The number of hydrogen-bond acceptors (Lipinski definition) is 3. The Morgan fingerprint density at radius 1 is 1.28 bits per heavy atom. The van der Waals surface area contributed by atoms with Crippen LogP contribution in [0.5, 0.6) is 0 Å². The van der Waals surface area contributed by atoms with Crippen LogP contribution in [0.25, 0.3) is 0 Å². The number of ether oxygens (including phenoxy) is 1. The predicted octanol–water partition coefficient (Wildman–Crippen LogP) is 4.56. The van der Waals surface area contributed by atoms with Crippen molar-refractivity contribution in [2.45, 2.75) is 51.8 Å². The molecule has 140 valence electrons. The molecular weight excluding hydrogens is 394 g/mol. The molecule has 0 radical (unpaired) electrons. The van der Waals surface area contributed by atoms with Crippen LogP contribution in [0.3, 0.4) is 0 Å². The van der Waals surface area contributed by atoms with Crippen LogP contribution in [0.1, 0.15) is 39.2 Å². The molecule has 25 heavy (non-hydrogen) atoms. The number of carbonyl (C=O) groups is 1. The lowest BCUT2D eigenvalue weighted by atomic mass is 10.0. The summed E-state index contributed by atoms with van der Waals surface area (Å²) in [4.78, 5) is 15.9. The van der Waals surface area contributed by atoms with Gasteiger partial charge in [0.2, 0.25) is 0 Å². The molecule has 1 aromatic rings. The SMILES string of the molecule is CN(Cc1cc(F)c(Br)c(F)c1)C1CCN(C(=O)OC(C)(C)C)CC1. The third-order valence-corrected chi connectivity index (χ3v) is 4.97. The second-order valence-corrected chi connectivity index (χ2v) is 8.28. The minimum absolute atomic E-state index is 0.135. The van der Waals surface area contributed by atoms with Crippen molar-refractivity contribution in [1.29, 1.82) is 0 Å². The Bertz CT molecular complexity index is 603. The van der Waals surface area contributed by atoms with Gasteiger partial charge in [-0.05, 0) is 74.3 Å². The van der Waals surface area contributed by atoms with Gasteiger partial charge in [-0.15, -0.1) is 0 Å². The van der Waals surface area contributed by atoms with Gasteiger partial charge in [-0.2, -0.15) is 0 Å². The molecule has 1 aliphatic heterocycles. The van der Waals surface area contributed by atoms with Gasteiger partial charge in [0, 0.05) is 25.7 Å². The number of likely N-dealkylation sites (tertiary alicyclic amines) is 1. The van der Waals surface area contributed by atoms with E-state index in [9.17, 15) is 13.6 Å². The third-order valence-electron chi connectivity index (χ3n) is 4.22. The van der Waals surface area contributed by atoms with Crippen LogP contribution in [0, 0.1) is 11.6 Å². The van der Waals surface area contributed by atoms with E-state index in [0.29, 0.717) is 25.2 Å². The molecule has 1 heterocycles. The number of rotatable bonds is 3. The van der Waals surface area contributed by atoms with Crippen molar-refractivity contribution in [2.75, 3.05) is 20.1 Å². The van der Waals surface area contributed by atoms with Gasteiger partial charge in [-0.25, -0.2) is 13.6 Å². The van der Waals surface area contributed by atoms with Crippen LogP contribution >= 0.6 is 15.9 Å².